The van der Waals surface area contributed by atoms with Gasteiger partial charge in [0.2, 0.25) is 0 Å². The van der Waals surface area contributed by atoms with Crippen LogP contribution in [0.2, 0.25) is 0 Å². The maximum atomic E-state index is 11.6. The Morgan fingerprint density at radius 3 is 2.64 bits per heavy atom. The summed E-state index contributed by atoms with van der Waals surface area (Å²) >= 11 is 0. The zero-order chi connectivity index (χ0) is 10.5. The summed E-state index contributed by atoms with van der Waals surface area (Å²) in [4.78, 5) is 22.8. The number of fused-ring (bicyclic) bond motifs is 3. The summed E-state index contributed by atoms with van der Waals surface area (Å²) in [7, 11) is 0. The third kappa shape index (κ3) is 1.11. The molecule has 0 aliphatic heterocycles. The highest BCUT2D eigenvalue weighted by molar-refractivity contribution is 5.87. The number of rotatable bonds is 1. The molecule has 3 aliphatic carbocycles. The summed E-state index contributed by atoms with van der Waals surface area (Å²) in [6, 6.07) is 0. The van der Waals surface area contributed by atoms with Crippen LogP contribution < -0.4 is 0 Å². The van der Waals surface area contributed by atoms with Gasteiger partial charge < -0.3 is 5.11 Å². The Labute approximate surface area is 83.5 Å². The number of hydrogen-bond acceptors (Lipinski definition) is 2. The zero-order valence-corrected chi connectivity index (χ0v) is 8.62. The van der Waals surface area contributed by atoms with Crippen LogP contribution in [0.4, 0.5) is 0 Å². The van der Waals surface area contributed by atoms with E-state index in [0.29, 0.717) is 6.42 Å². The molecule has 0 aromatic rings. The molecule has 1 N–H and O–H groups in total. The van der Waals surface area contributed by atoms with E-state index in [1.54, 1.807) is 0 Å². The molecule has 78 valence electrons. The van der Waals surface area contributed by atoms with Crippen LogP contribution >= 0.6 is 0 Å². The molecule has 0 aromatic heterocycles. The number of hydrogen-bond donors (Lipinski definition) is 1. The maximum Gasteiger partial charge on any atom is 0.307 e. The Morgan fingerprint density at radius 1 is 1.57 bits per heavy atom. The van der Waals surface area contributed by atoms with Crippen LogP contribution in [-0.4, -0.2) is 16.9 Å². The quantitative estimate of drug-likeness (QED) is 0.694. The predicted octanol–water partition coefficient (Wildman–Crippen LogP) is 1.71. The van der Waals surface area contributed by atoms with E-state index in [0.717, 1.165) is 12.8 Å². The van der Waals surface area contributed by atoms with Gasteiger partial charge >= 0.3 is 5.97 Å². The highest BCUT2D eigenvalue weighted by Crippen LogP contribution is 2.54. The van der Waals surface area contributed by atoms with Crippen molar-refractivity contribution in [2.24, 2.45) is 23.2 Å². The molecule has 14 heavy (non-hydrogen) atoms. The summed E-state index contributed by atoms with van der Waals surface area (Å²) in [6.45, 7) is 3.87. The minimum absolute atomic E-state index is 0.0120. The Kier molecular flexibility index (Phi) is 1.95. The second kappa shape index (κ2) is 2.81. The molecule has 0 spiro atoms. The maximum absolute atomic E-state index is 11.6. The minimum atomic E-state index is -0.725. The molecule has 0 aromatic carbocycles. The van der Waals surface area contributed by atoms with Gasteiger partial charge in [0, 0.05) is 12.3 Å². The number of ketones is 1. The monoisotopic (exact) mass is 196 g/mol. The van der Waals surface area contributed by atoms with E-state index in [2.05, 4.69) is 0 Å². The first-order valence-corrected chi connectivity index (χ1v) is 5.21. The molecule has 3 heteroatoms. The largest absolute Gasteiger partial charge is 0.481 e. The van der Waals surface area contributed by atoms with Crippen molar-refractivity contribution in [3.8, 4) is 0 Å². The van der Waals surface area contributed by atoms with Gasteiger partial charge in [-0.3, -0.25) is 9.59 Å². The lowest BCUT2D eigenvalue weighted by Gasteiger charge is -2.51. The van der Waals surface area contributed by atoms with Gasteiger partial charge in [0.1, 0.15) is 5.78 Å². The van der Waals surface area contributed by atoms with Gasteiger partial charge in [-0.2, -0.15) is 0 Å². The molecule has 4 atom stereocenters. The van der Waals surface area contributed by atoms with Crippen molar-refractivity contribution >= 4 is 11.8 Å². The highest BCUT2D eigenvalue weighted by atomic mass is 16.4. The molecule has 3 fully saturated rings. The van der Waals surface area contributed by atoms with Gasteiger partial charge in [0.05, 0.1) is 5.92 Å². The van der Waals surface area contributed by atoms with Gasteiger partial charge in [-0.15, -0.1) is 0 Å². The van der Waals surface area contributed by atoms with E-state index in [4.69, 9.17) is 0 Å². The zero-order valence-electron chi connectivity index (χ0n) is 8.62. The van der Waals surface area contributed by atoms with E-state index >= 15 is 0 Å². The molecule has 0 radical (unpaired) electrons. The van der Waals surface area contributed by atoms with Gasteiger partial charge in [0.25, 0.3) is 0 Å². The predicted molar refractivity (Wildman–Crippen MR) is 50.7 cm³/mol. The fraction of sp³-hybridized carbons (Fsp3) is 0.818. The summed E-state index contributed by atoms with van der Waals surface area (Å²) < 4.78 is 0. The molecule has 0 heterocycles. The van der Waals surface area contributed by atoms with Crippen LogP contribution in [0.5, 0.6) is 0 Å². The molecule has 0 unspecified atom stereocenters. The molecule has 2 bridgehead atoms. The molecule has 3 saturated carbocycles. The first-order valence-electron chi connectivity index (χ1n) is 5.21. The van der Waals surface area contributed by atoms with E-state index in [-0.39, 0.29) is 29.0 Å². The van der Waals surface area contributed by atoms with Gasteiger partial charge in [-0.05, 0) is 24.2 Å². The Morgan fingerprint density at radius 2 is 2.21 bits per heavy atom. The molecular formula is C11H16O3. The van der Waals surface area contributed by atoms with E-state index in [1.807, 2.05) is 13.8 Å². The van der Waals surface area contributed by atoms with Crippen LogP contribution in [0, 0.1) is 23.2 Å². The lowest BCUT2D eigenvalue weighted by atomic mass is 9.51. The SMILES string of the molecule is C[C@H]1[C@H]2CC[C@@](C)(CC2=O)[C@H]1C(=O)O. The van der Waals surface area contributed by atoms with E-state index in [1.165, 1.54) is 0 Å². The van der Waals surface area contributed by atoms with Crippen molar-refractivity contribution in [3.05, 3.63) is 0 Å². The fourth-order valence-corrected chi connectivity index (χ4v) is 3.48. The molecule has 3 nitrogen and oxygen atoms in total. The van der Waals surface area contributed by atoms with Gasteiger partial charge in [0.15, 0.2) is 0 Å². The standard InChI is InChI=1S/C11H16O3/c1-6-7-3-4-11(2,5-8(7)12)9(6)10(13)14/h6-7,9H,3-5H2,1-2H3,(H,13,14)/t6-,7+,9+,11-/m0/s1. The Bertz CT molecular complexity index is 297. The van der Waals surface area contributed by atoms with E-state index < -0.39 is 5.97 Å². The van der Waals surface area contributed by atoms with Gasteiger partial charge in [-0.25, -0.2) is 0 Å². The number of Topliss-reactive ketones (excluding diaryl/α,β-unsaturated/α-hetero) is 1. The first kappa shape index (κ1) is 9.69. The van der Waals surface area contributed by atoms with Crippen molar-refractivity contribution < 1.29 is 14.7 Å². The Hall–Kier alpha value is -0.860. The van der Waals surface area contributed by atoms with Crippen molar-refractivity contribution in [1.82, 2.24) is 0 Å². The van der Waals surface area contributed by atoms with E-state index in [9.17, 15) is 14.7 Å². The number of carboxylic acids is 1. The third-order valence-electron chi connectivity index (χ3n) is 4.20. The second-order valence-corrected chi connectivity index (χ2v) is 5.12. The molecular weight excluding hydrogens is 180 g/mol. The lowest BCUT2D eigenvalue weighted by molar-refractivity contribution is -0.163. The summed E-state index contributed by atoms with van der Waals surface area (Å²) in [6.07, 6.45) is 2.25. The second-order valence-electron chi connectivity index (χ2n) is 5.12. The third-order valence-corrected chi connectivity index (χ3v) is 4.20. The van der Waals surface area contributed by atoms with Gasteiger partial charge in [-0.1, -0.05) is 13.8 Å². The van der Waals surface area contributed by atoms with Crippen molar-refractivity contribution in [2.75, 3.05) is 0 Å². The molecule has 3 rings (SSSR count). The lowest BCUT2D eigenvalue weighted by Crippen LogP contribution is -2.53. The fourth-order valence-electron chi connectivity index (χ4n) is 3.48. The van der Waals surface area contributed by atoms with Crippen LogP contribution in [0.15, 0.2) is 0 Å². The van der Waals surface area contributed by atoms with Crippen molar-refractivity contribution in [1.29, 1.82) is 0 Å². The Balaban J connectivity index is 2.37. The summed E-state index contributed by atoms with van der Waals surface area (Å²) in [5.74, 6) is -0.731. The van der Waals surface area contributed by atoms with Crippen molar-refractivity contribution in [3.63, 3.8) is 0 Å². The number of carboxylic acid groups (broad SMARTS) is 1. The first-order chi connectivity index (χ1) is 6.46. The summed E-state index contributed by atoms with van der Waals surface area (Å²) in [5, 5.41) is 9.17. The van der Waals surface area contributed by atoms with Crippen LogP contribution in [0.1, 0.15) is 33.1 Å². The molecule has 3 aliphatic rings. The number of aliphatic carboxylic acids is 1. The van der Waals surface area contributed by atoms with Crippen LogP contribution in [0.25, 0.3) is 0 Å². The average molecular weight is 196 g/mol. The van der Waals surface area contributed by atoms with Crippen molar-refractivity contribution in [2.45, 2.75) is 33.1 Å². The van der Waals surface area contributed by atoms with Crippen LogP contribution in [-0.2, 0) is 9.59 Å². The summed E-state index contributed by atoms with van der Waals surface area (Å²) in [5.41, 5.74) is -0.281. The normalized spacial score (nSPS) is 46.7. The van der Waals surface area contributed by atoms with Crippen LogP contribution in [0.3, 0.4) is 0 Å². The highest BCUT2D eigenvalue weighted by Gasteiger charge is 2.55. The molecule has 0 amide bonds. The number of carbonyl (C=O) groups is 2. The smallest absolute Gasteiger partial charge is 0.307 e. The minimum Gasteiger partial charge on any atom is -0.481 e. The number of carbonyl (C=O) groups excluding carboxylic acids is 1. The molecule has 0 saturated heterocycles. The topological polar surface area (TPSA) is 54.4 Å². The average Bonchev–Trinajstić information content (AvgIpc) is 2.00.